The number of benzene rings is 1. The summed E-state index contributed by atoms with van der Waals surface area (Å²) in [4.78, 5) is 11.8. The number of rotatable bonds is 4. The van der Waals surface area contributed by atoms with Crippen molar-refractivity contribution in [2.45, 2.75) is 20.3 Å². The van der Waals surface area contributed by atoms with Crippen LogP contribution in [0.15, 0.2) is 28.7 Å². The van der Waals surface area contributed by atoms with Crippen LogP contribution in [0, 0.1) is 16.7 Å². The fourth-order valence-electron chi connectivity index (χ4n) is 1.69. The molecule has 0 aliphatic rings. The minimum atomic E-state index is -0.534. The van der Waals surface area contributed by atoms with E-state index < -0.39 is 11.4 Å². The zero-order valence-electron chi connectivity index (χ0n) is 11.5. The maximum absolute atomic E-state index is 11.8. The van der Waals surface area contributed by atoms with Crippen molar-refractivity contribution in [3.63, 3.8) is 0 Å². The lowest BCUT2D eigenvalue weighted by Gasteiger charge is -2.13. The van der Waals surface area contributed by atoms with Gasteiger partial charge in [-0.25, -0.2) is 4.79 Å². The molecule has 2 rings (SSSR count). The predicted molar refractivity (Wildman–Crippen MR) is 74.9 cm³/mol. The Labute approximate surface area is 116 Å². The van der Waals surface area contributed by atoms with Gasteiger partial charge in [0.05, 0.1) is 18.1 Å². The summed E-state index contributed by atoms with van der Waals surface area (Å²) in [5, 5.41) is 9.64. The molecule has 1 heterocycles. The first-order chi connectivity index (χ1) is 9.41. The zero-order chi connectivity index (χ0) is 14.8. The molecule has 5 nitrogen and oxygen atoms in total. The van der Waals surface area contributed by atoms with E-state index in [-0.39, 0.29) is 12.4 Å². The van der Waals surface area contributed by atoms with Crippen LogP contribution in [-0.2, 0) is 4.74 Å². The lowest BCUT2D eigenvalue weighted by molar-refractivity contribution is 0.0441. The van der Waals surface area contributed by atoms with Crippen molar-refractivity contribution in [2.24, 2.45) is 5.41 Å². The van der Waals surface area contributed by atoms with Crippen molar-refractivity contribution < 1.29 is 13.9 Å². The molecular formula is C15H16N2O3. The molecule has 0 aliphatic heterocycles. The molecule has 0 amide bonds. The highest BCUT2D eigenvalue weighted by Gasteiger charge is 2.19. The number of nitriles is 1. The Morgan fingerprint density at radius 2 is 2.20 bits per heavy atom. The molecule has 0 saturated heterocycles. The summed E-state index contributed by atoms with van der Waals surface area (Å²) >= 11 is 0. The molecule has 5 heteroatoms. The van der Waals surface area contributed by atoms with Crippen LogP contribution in [0.2, 0.25) is 0 Å². The Morgan fingerprint density at radius 3 is 2.90 bits per heavy atom. The highest BCUT2D eigenvalue weighted by Crippen LogP contribution is 2.23. The van der Waals surface area contributed by atoms with Crippen LogP contribution in [0.3, 0.4) is 0 Å². The van der Waals surface area contributed by atoms with E-state index in [0.717, 1.165) is 5.39 Å². The topological polar surface area (TPSA) is 89.2 Å². The molecule has 104 valence electrons. The average Bonchev–Trinajstić information content (AvgIpc) is 2.81. The zero-order valence-corrected chi connectivity index (χ0v) is 11.5. The summed E-state index contributed by atoms with van der Waals surface area (Å²) in [7, 11) is 0. The van der Waals surface area contributed by atoms with Crippen LogP contribution in [0.5, 0.6) is 0 Å². The van der Waals surface area contributed by atoms with E-state index in [2.05, 4.69) is 6.07 Å². The Bertz CT molecular complexity index is 680. The van der Waals surface area contributed by atoms with E-state index >= 15 is 0 Å². The van der Waals surface area contributed by atoms with E-state index in [1.807, 2.05) is 0 Å². The Morgan fingerprint density at radius 1 is 1.45 bits per heavy atom. The summed E-state index contributed by atoms with van der Waals surface area (Å²) in [5.41, 5.74) is 6.34. The summed E-state index contributed by atoms with van der Waals surface area (Å²) < 4.78 is 10.5. The number of hydrogen-bond donors (Lipinski definition) is 1. The van der Waals surface area contributed by atoms with E-state index in [0.29, 0.717) is 17.7 Å². The Balaban J connectivity index is 2.03. The van der Waals surface area contributed by atoms with Crippen LogP contribution >= 0.6 is 0 Å². The summed E-state index contributed by atoms with van der Waals surface area (Å²) in [6.45, 7) is 3.77. The van der Waals surface area contributed by atoms with Crippen molar-refractivity contribution in [1.82, 2.24) is 0 Å². The second kappa shape index (κ2) is 5.25. The van der Waals surface area contributed by atoms with Gasteiger partial charge in [0.15, 0.2) is 0 Å². The van der Waals surface area contributed by atoms with Crippen molar-refractivity contribution in [2.75, 3.05) is 12.3 Å². The number of carbonyl (C=O) groups is 1. The van der Waals surface area contributed by atoms with Gasteiger partial charge in [-0.1, -0.05) is 0 Å². The van der Waals surface area contributed by atoms with Crippen LogP contribution in [0.25, 0.3) is 11.0 Å². The smallest absolute Gasteiger partial charge is 0.374 e. The molecule has 0 unspecified atom stereocenters. The van der Waals surface area contributed by atoms with E-state index in [9.17, 15) is 4.79 Å². The molecule has 0 aliphatic carbocycles. The minimum Gasteiger partial charge on any atom is -0.460 e. The summed E-state index contributed by atoms with van der Waals surface area (Å²) in [5.74, 6) is -0.395. The SMILES string of the molecule is CC(C)(C#N)CCOC(=O)c1cc2cc(N)ccc2o1. The van der Waals surface area contributed by atoms with Gasteiger partial charge in [-0.15, -0.1) is 0 Å². The third-order valence-corrected chi connectivity index (χ3v) is 3.00. The molecule has 1 aromatic carbocycles. The first-order valence-electron chi connectivity index (χ1n) is 6.29. The van der Waals surface area contributed by atoms with Gasteiger partial charge in [-0.05, 0) is 44.5 Å². The van der Waals surface area contributed by atoms with Gasteiger partial charge in [-0.3, -0.25) is 0 Å². The molecule has 2 N–H and O–H groups in total. The predicted octanol–water partition coefficient (Wildman–Crippen LogP) is 3.11. The third kappa shape index (κ3) is 3.09. The number of fused-ring (bicyclic) bond motifs is 1. The van der Waals surface area contributed by atoms with Crippen molar-refractivity contribution >= 4 is 22.6 Å². The molecule has 0 spiro atoms. The van der Waals surface area contributed by atoms with Crippen LogP contribution in [0.1, 0.15) is 30.8 Å². The summed E-state index contributed by atoms with van der Waals surface area (Å²) in [6, 6.07) is 8.90. The van der Waals surface area contributed by atoms with Gasteiger partial charge in [0, 0.05) is 11.1 Å². The molecular weight excluding hydrogens is 256 g/mol. The number of nitrogens with two attached hydrogens (primary N) is 1. The van der Waals surface area contributed by atoms with Gasteiger partial charge in [-0.2, -0.15) is 5.26 Å². The van der Waals surface area contributed by atoms with E-state index in [4.69, 9.17) is 20.1 Å². The molecule has 20 heavy (non-hydrogen) atoms. The molecule has 0 bridgehead atoms. The average molecular weight is 272 g/mol. The monoisotopic (exact) mass is 272 g/mol. The minimum absolute atomic E-state index is 0.139. The van der Waals surface area contributed by atoms with E-state index in [1.54, 1.807) is 38.1 Å². The van der Waals surface area contributed by atoms with Gasteiger partial charge >= 0.3 is 5.97 Å². The Hall–Kier alpha value is -2.48. The molecule has 0 fully saturated rings. The number of esters is 1. The number of ether oxygens (including phenoxy) is 1. The van der Waals surface area contributed by atoms with Gasteiger partial charge < -0.3 is 14.9 Å². The first-order valence-corrected chi connectivity index (χ1v) is 6.29. The lowest BCUT2D eigenvalue weighted by atomic mass is 9.92. The summed E-state index contributed by atoms with van der Waals surface area (Å²) in [6.07, 6.45) is 0.475. The molecule has 0 atom stereocenters. The van der Waals surface area contributed by atoms with Crippen LogP contribution < -0.4 is 5.73 Å². The maximum Gasteiger partial charge on any atom is 0.374 e. The van der Waals surface area contributed by atoms with Crippen molar-refractivity contribution in [3.8, 4) is 6.07 Å². The van der Waals surface area contributed by atoms with Gasteiger partial charge in [0.25, 0.3) is 0 Å². The molecule has 0 saturated carbocycles. The van der Waals surface area contributed by atoms with Gasteiger partial charge in [0.2, 0.25) is 5.76 Å². The Kier molecular flexibility index (Phi) is 3.66. The first kappa shape index (κ1) is 13.9. The second-order valence-electron chi connectivity index (χ2n) is 5.29. The highest BCUT2D eigenvalue weighted by atomic mass is 16.5. The number of nitrogen functional groups attached to an aromatic ring is 1. The standard InChI is InChI=1S/C15H16N2O3/c1-15(2,9-16)5-6-19-14(18)13-8-10-7-11(17)3-4-12(10)20-13/h3-4,7-8H,5-6,17H2,1-2H3. The normalized spacial score (nSPS) is 11.2. The van der Waals surface area contributed by atoms with Crippen LogP contribution in [0.4, 0.5) is 5.69 Å². The fraction of sp³-hybridized carbons (Fsp3) is 0.333. The molecule has 2 aromatic rings. The largest absolute Gasteiger partial charge is 0.460 e. The maximum atomic E-state index is 11.8. The number of hydrogen-bond acceptors (Lipinski definition) is 5. The number of anilines is 1. The lowest BCUT2D eigenvalue weighted by Crippen LogP contribution is -2.14. The molecule has 0 radical (unpaired) electrons. The third-order valence-electron chi connectivity index (χ3n) is 3.00. The van der Waals surface area contributed by atoms with Crippen molar-refractivity contribution in [3.05, 3.63) is 30.0 Å². The molecule has 1 aromatic heterocycles. The highest BCUT2D eigenvalue weighted by molar-refractivity contribution is 5.93. The van der Waals surface area contributed by atoms with Crippen molar-refractivity contribution in [1.29, 1.82) is 5.26 Å². The van der Waals surface area contributed by atoms with E-state index in [1.165, 1.54) is 0 Å². The second-order valence-corrected chi connectivity index (χ2v) is 5.29. The van der Waals surface area contributed by atoms with Crippen LogP contribution in [-0.4, -0.2) is 12.6 Å². The fourth-order valence-corrected chi connectivity index (χ4v) is 1.69. The number of nitrogens with zero attached hydrogens (tertiary/aromatic N) is 1. The number of furan rings is 1. The number of carbonyl (C=O) groups excluding carboxylic acids is 1. The quantitative estimate of drug-likeness (QED) is 0.682. The van der Waals surface area contributed by atoms with Gasteiger partial charge in [0.1, 0.15) is 5.58 Å².